The molecule has 0 aliphatic heterocycles. The lowest BCUT2D eigenvalue weighted by atomic mass is 9.79. The third-order valence-corrected chi connectivity index (χ3v) is 5.96. The van der Waals surface area contributed by atoms with E-state index in [9.17, 15) is 12.8 Å². The molecule has 1 aromatic carbocycles. The van der Waals surface area contributed by atoms with Crippen LogP contribution in [0.3, 0.4) is 0 Å². The van der Waals surface area contributed by atoms with Crippen LogP contribution in [0.15, 0.2) is 16.7 Å². The summed E-state index contributed by atoms with van der Waals surface area (Å²) in [6.07, 6.45) is 4.38. The molecule has 6 nitrogen and oxygen atoms in total. The number of nitrogens with zero attached hydrogens (tertiary/aromatic N) is 1. The summed E-state index contributed by atoms with van der Waals surface area (Å²) in [5.74, 6) is 0.182. The number of aromatic nitrogens is 1. The molecule has 150 valence electrons. The molecule has 0 amide bonds. The molecule has 1 fully saturated rings. The van der Waals surface area contributed by atoms with Crippen molar-refractivity contribution in [1.82, 2.24) is 5.16 Å². The maximum absolute atomic E-state index is 14.0. The van der Waals surface area contributed by atoms with Gasteiger partial charge in [-0.15, -0.1) is 0 Å². The summed E-state index contributed by atoms with van der Waals surface area (Å²) in [7, 11) is -3.47. The van der Waals surface area contributed by atoms with E-state index in [0.29, 0.717) is 22.6 Å². The summed E-state index contributed by atoms with van der Waals surface area (Å²) in [4.78, 5) is 0. The van der Waals surface area contributed by atoms with Crippen LogP contribution < -0.4 is 4.72 Å². The highest BCUT2D eigenvalue weighted by atomic mass is 35.5. The fourth-order valence-corrected chi connectivity index (χ4v) is 4.20. The molecular weight excluding hydrogens is 395 g/mol. The summed E-state index contributed by atoms with van der Waals surface area (Å²) in [6, 6.07) is 3.32. The molecule has 1 saturated carbocycles. The molecule has 0 spiro atoms. The number of benzene rings is 1. The lowest BCUT2D eigenvalue weighted by Crippen LogP contribution is -2.32. The first kappa shape index (κ1) is 20.4. The van der Waals surface area contributed by atoms with Crippen molar-refractivity contribution in [3.63, 3.8) is 0 Å². The first-order valence-electron chi connectivity index (χ1n) is 8.89. The first-order chi connectivity index (χ1) is 12.5. The fraction of sp³-hybridized carbons (Fsp3) is 0.611. The molecule has 2 aromatic rings. The summed E-state index contributed by atoms with van der Waals surface area (Å²) in [5, 5.41) is 4.68. The Labute approximate surface area is 163 Å². The largest absolute Gasteiger partial charge is 0.373 e. The quantitative estimate of drug-likeness (QED) is 0.736. The Balaban J connectivity index is 1.65. The van der Waals surface area contributed by atoms with Crippen LogP contribution in [-0.2, 0) is 21.4 Å². The van der Waals surface area contributed by atoms with E-state index in [1.807, 2.05) is 0 Å². The molecule has 0 radical (unpaired) electrons. The standard InChI is InChI=1S/C18H24ClFN2O4S/c1-18(2,20)12-4-6-13(7-5-12)25-10-11-8-16-14(9-15(11)19)17(21-26-16)22-27(3,23)24/h8-9,12-13H,4-7,10H2,1-3H3,(H,21,22). The smallest absolute Gasteiger partial charge is 0.231 e. The molecule has 0 unspecified atom stereocenters. The van der Waals surface area contributed by atoms with Crippen LogP contribution in [0, 0.1) is 5.92 Å². The zero-order chi connectivity index (χ0) is 19.8. The third kappa shape index (κ3) is 5.12. The molecule has 0 atom stereocenters. The highest BCUT2D eigenvalue weighted by Gasteiger charge is 2.33. The third-order valence-electron chi connectivity index (χ3n) is 5.04. The lowest BCUT2D eigenvalue weighted by molar-refractivity contribution is -0.0146. The lowest BCUT2D eigenvalue weighted by Gasteiger charge is -2.34. The molecule has 9 heteroatoms. The number of rotatable bonds is 6. The number of halogens is 2. The number of hydrogen-bond donors (Lipinski definition) is 1. The van der Waals surface area contributed by atoms with Crippen LogP contribution in [0.25, 0.3) is 11.0 Å². The van der Waals surface area contributed by atoms with Crippen molar-refractivity contribution in [2.75, 3.05) is 11.0 Å². The minimum absolute atomic E-state index is 0.0762. The van der Waals surface area contributed by atoms with E-state index < -0.39 is 15.7 Å². The second kappa shape index (κ2) is 7.56. The number of anilines is 1. The van der Waals surface area contributed by atoms with Gasteiger partial charge in [0.1, 0.15) is 5.67 Å². The van der Waals surface area contributed by atoms with Crippen LogP contribution in [0.1, 0.15) is 45.1 Å². The summed E-state index contributed by atoms with van der Waals surface area (Å²) in [6.45, 7) is 3.58. The summed E-state index contributed by atoms with van der Waals surface area (Å²) in [5.41, 5.74) is 0.00903. The molecule has 1 N–H and O–H groups in total. The molecule has 0 saturated heterocycles. The number of sulfonamides is 1. The van der Waals surface area contributed by atoms with E-state index in [-0.39, 0.29) is 17.8 Å². The van der Waals surface area contributed by atoms with Crippen LogP contribution in [0.5, 0.6) is 0 Å². The minimum Gasteiger partial charge on any atom is -0.373 e. The Morgan fingerprint density at radius 3 is 2.59 bits per heavy atom. The highest BCUT2D eigenvalue weighted by Crippen LogP contribution is 2.36. The van der Waals surface area contributed by atoms with Gasteiger partial charge in [-0.1, -0.05) is 16.8 Å². The number of nitrogens with one attached hydrogen (secondary N) is 1. The van der Waals surface area contributed by atoms with Crippen LogP contribution in [-0.4, -0.2) is 31.6 Å². The highest BCUT2D eigenvalue weighted by molar-refractivity contribution is 7.92. The second-order valence-corrected chi connectivity index (χ2v) is 9.85. The van der Waals surface area contributed by atoms with Gasteiger partial charge in [0.25, 0.3) is 0 Å². The summed E-state index contributed by atoms with van der Waals surface area (Å²) >= 11 is 6.33. The van der Waals surface area contributed by atoms with E-state index in [0.717, 1.165) is 37.5 Å². The Bertz CT molecular complexity index is 915. The van der Waals surface area contributed by atoms with E-state index >= 15 is 0 Å². The van der Waals surface area contributed by atoms with Crippen molar-refractivity contribution >= 4 is 38.4 Å². The predicted molar refractivity (Wildman–Crippen MR) is 103 cm³/mol. The maximum atomic E-state index is 14.0. The van der Waals surface area contributed by atoms with Gasteiger partial charge in [-0.3, -0.25) is 4.72 Å². The average Bonchev–Trinajstić information content (AvgIpc) is 2.92. The van der Waals surface area contributed by atoms with Crippen molar-refractivity contribution in [3.05, 3.63) is 22.7 Å². The Hall–Kier alpha value is -1.38. The number of hydrogen-bond acceptors (Lipinski definition) is 5. The molecule has 1 heterocycles. The van der Waals surface area contributed by atoms with E-state index in [1.54, 1.807) is 26.0 Å². The Morgan fingerprint density at radius 1 is 1.33 bits per heavy atom. The van der Waals surface area contributed by atoms with Gasteiger partial charge in [0.05, 0.1) is 24.4 Å². The molecule has 3 rings (SSSR count). The molecule has 1 aromatic heterocycles. The van der Waals surface area contributed by atoms with Crippen molar-refractivity contribution in [2.24, 2.45) is 5.92 Å². The van der Waals surface area contributed by atoms with Crippen LogP contribution in [0.2, 0.25) is 5.02 Å². The SMILES string of the molecule is CC(C)(F)C1CCC(OCc2cc3onc(NS(C)(=O)=O)c3cc2Cl)CC1. The Kier molecular flexibility index (Phi) is 5.70. The van der Waals surface area contributed by atoms with Gasteiger partial charge >= 0.3 is 0 Å². The van der Waals surface area contributed by atoms with Crippen LogP contribution in [0.4, 0.5) is 10.2 Å². The minimum atomic E-state index is -3.47. The normalized spacial score (nSPS) is 21.5. The van der Waals surface area contributed by atoms with Crippen molar-refractivity contribution in [3.8, 4) is 0 Å². The zero-order valence-corrected chi connectivity index (χ0v) is 17.2. The number of fused-ring (bicyclic) bond motifs is 1. The van der Waals surface area contributed by atoms with Crippen molar-refractivity contribution in [2.45, 2.75) is 57.9 Å². The zero-order valence-electron chi connectivity index (χ0n) is 15.6. The molecule has 27 heavy (non-hydrogen) atoms. The van der Waals surface area contributed by atoms with Crippen LogP contribution >= 0.6 is 11.6 Å². The Morgan fingerprint density at radius 2 is 2.00 bits per heavy atom. The number of ether oxygens (including phenoxy) is 1. The molecule has 0 bridgehead atoms. The molecular formula is C18H24ClFN2O4S. The predicted octanol–water partition coefficient (Wildman–Crippen LogP) is 4.68. The van der Waals surface area contributed by atoms with E-state index in [1.165, 1.54) is 0 Å². The van der Waals surface area contributed by atoms with Crippen molar-refractivity contribution < 1.29 is 22.1 Å². The molecule has 1 aliphatic carbocycles. The van der Waals surface area contributed by atoms with Crippen molar-refractivity contribution in [1.29, 1.82) is 0 Å². The van der Waals surface area contributed by atoms with Gasteiger partial charge in [0, 0.05) is 10.6 Å². The number of alkyl halides is 1. The van der Waals surface area contributed by atoms with E-state index in [2.05, 4.69) is 9.88 Å². The average molecular weight is 419 g/mol. The second-order valence-electron chi connectivity index (χ2n) is 7.69. The summed E-state index contributed by atoms with van der Waals surface area (Å²) < 4.78 is 50.3. The van der Waals surface area contributed by atoms with Gasteiger partial charge in [-0.05, 0) is 57.6 Å². The van der Waals surface area contributed by atoms with Gasteiger partial charge < -0.3 is 9.26 Å². The topological polar surface area (TPSA) is 81.4 Å². The monoisotopic (exact) mass is 418 g/mol. The van der Waals surface area contributed by atoms with Gasteiger partial charge in [0.2, 0.25) is 10.0 Å². The van der Waals surface area contributed by atoms with E-state index in [4.69, 9.17) is 20.9 Å². The first-order valence-corrected chi connectivity index (χ1v) is 11.2. The van der Waals surface area contributed by atoms with Gasteiger partial charge in [0.15, 0.2) is 11.4 Å². The molecule has 1 aliphatic rings. The van der Waals surface area contributed by atoms with Gasteiger partial charge in [-0.25, -0.2) is 12.8 Å². The maximum Gasteiger partial charge on any atom is 0.231 e. The van der Waals surface area contributed by atoms with Gasteiger partial charge in [-0.2, -0.15) is 0 Å². The fourth-order valence-electron chi connectivity index (χ4n) is 3.48.